The van der Waals surface area contributed by atoms with Gasteiger partial charge in [-0.2, -0.15) is 13.2 Å². The molecule has 0 atom stereocenters. The van der Waals surface area contributed by atoms with E-state index < -0.39 is 11.9 Å². The van der Waals surface area contributed by atoms with E-state index in [1.54, 1.807) is 6.07 Å². The average Bonchev–Trinajstić information content (AvgIpc) is 2.65. The lowest BCUT2D eigenvalue weighted by atomic mass is 10.2. The van der Waals surface area contributed by atoms with Crippen LogP contribution in [0.3, 0.4) is 0 Å². The maximum Gasteiger partial charge on any atom is 0.433 e. The first kappa shape index (κ1) is 10.6. The first-order valence-corrected chi connectivity index (χ1v) is 5.32. The summed E-state index contributed by atoms with van der Waals surface area (Å²) in [5.41, 5.74) is 0.947. The van der Waals surface area contributed by atoms with E-state index in [1.165, 1.54) is 6.20 Å². The van der Waals surface area contributed by atoms with Crippen LogP contribution in [0.1, 0.15) is 11.4 Å². The van der Waals surface area contributed by atoms with Gasteiger partial charge in [0.15, 0.2) is 0 Å². The van der Waals surface area contributed by atoms with Crippen LogP contribution in [0.2, 0.25) is 0 Å². The van der Waals surface area contributed by atoms with Crippen LogP contribution in [0.5, 0.6) is 0 Å². The number of hydrogen-bond acceptors (Lipinski definition) is 2. The molecule has 0 bridgehead atoms. The summed E-state index contributed by atoms with van der Waals surface area (Å²) in [6.45, 7) is 2.29. The van der Waals surface area contributed by atoms with E-state index in [4.69, 9.17) is 0 Å². The number of nitrogens with zero attached hydrogens (tertiary/aromatic N) is 2. The van der Waals surface area contributed by atoms with Gasteiger partial charge in [0.2, 0.25) is 0 Å². The van der Waals surface area contributed by atoms with E-state index in [9.17, 15) is 13.2 Å². The number of hydrogen-bond donors (Lipinski definition) is 1. The molecule has 0 saturated heterocycles. The highest BCUT2D eigenvalue weighted by Gasteiger charge is 2.32. The molecular formula is C11H10F3N3. The first-order chi connectivity index (χ1) is 8.05. The van der Waals surface area contributed by atoms with Gasteiger partial charge in [-0.3, -0.25) is 0 Å². The minimum absolute atomic E-state index is 0.603. The van der Waals surface area contributed by atoms with Gasteiger partial charge in [0.25, 0.3) is 0 Å². The second-order valence-electron chi connectivity index (χ2n) is 4.09. The summed E-state index contributed by atoms with van der Waals surface area (Å²) in [5, 5.41) is 3.79. The second-order valence-corrected chi connectivity index (χ2v) is 4.09. The molecule has 3 heterocycles. The van der Waals surface area contributed by atoms with E-state index >= 15 is 0 Å². The molecule has 6 heteroatoms. The van der Waals surface area contributed by atoms with Gasteiger partial charge in [-0.15, -0.1) is 0 Å². The molecule has 0 saturated carbocycles. The molecule has 0 fully saturated rings. The largest absolute Gasteiger partial charge is 0.433 e. The number of fused-ring (bicyclic) bond motifs is 3. The fourth-order valence-corrected chi connectivity index (χ4v) is 2.19. The number of alkyl halides is 3. The molecule has 0 unspecified atom stereocenters. The van der Waals surface area contributed by atoms with Crippen LogP contribution in [0.15, 0.2) is 18.3 Å². The molecule has 17 heavy (non-hydrogen) atoms. The van der Waals surface area contributed by atoms with Crippen molar-refractivity contribution in [3.8, 4) is 0 Å². The third-order valence-corrected chi connectivity index (χ3v) is 2.98. The summed E-state index contributed by atoms with van der Waals surface area (Å²) in [5.74, 6) is 0. The molecule has 0 radical (unpaired) electrons. The molecule has 1 N–H and O–H groups in total. The smallest absolute Gasteiger partial charge is 0.341 e. The summed E-state index contributed by atoms with van der Waals surface area (Å²) < 4.78 is 39.6. The van der Waals surface area contributed by atoms with Crippen molar-refractivity contribution in [1.29, 1.82) is 0 Å². The van der Waals surface area contributed by atoms with Gasteiger partial charge < -0.3 is 9.88 Å². The minimum Gasteiger partial charge on any atom is -0.341 e. The number of rotatable bonds is 0. The van der Waals surface area contributed by atoms with Crippen LogP contribution in [0, 0.1) is 0 Å². The standard InChI is InChI=1S/C11H10F3N3/c12-11(13,14)10-4-7-3-8-5-15-1-2-17(8)9(7)6-16-10/h3-4,6,15H,1-2,5H2. The maximum absolute atomic E-state index is 12.5. The summed E-state index contributed by atoms with van der Waals surface area (Å²) >= 11 is 0. The monoisotopic (exact) mass is 241 g/mol. The van der Waals surface area contributed by atoms with E-state index in [0.29, 0.717) is 11.9 Å². The minimum atomic E-state index is -4.38. The highest BCUT2D eigenvalue weighted by atomic mass is 19.4. The number of pyridine rings is 1. The summed E-state index contributed by atoms with van der Waals surface area (Å²) in [6, 6.07) is 2.90. The van der Waals surface area contributed by atoms with Crippen molar-refractivity contribution >= 4 is 10.9 Å². The van der Waals surface area contributed by atoms with Gasteiger partial charge >= 0.3 is 6.18 Å². The van der Waals surface area contributed by atoms with Crippen molar-refractivity contribution in [3.63, 3.8) is 0 Å². The Morgan fingerprint density at radius 2 is 2.12 bits per heavy atom. The zero-order valence-electron chi connectivity index (χ0n) is 8.88. The van der Waals surface area contributed by atoms with E-state index in [0.717, 1.165) is 30.4 Å². The summed E-state index contributed by atoms with van der Waals surface area (Å²) in [6.07, 6.45) is -3.07. The maximum atomic E-state index is 12.5. The third-order valence-electron chi connectivity index (χ3n) is 2.98. The van der Waals surface area contributed by atoms with Crippen LogP contribution < -0.4 is 5.32 Å². The van der Waals surface area contributed by atoms with Gasteiger partial charge in [-0.05, 0) is 12.1 Å². The van der Waals surface area contributed by atoms with E-state index in [2.05, 4.69) is 10.3 Å². The molecule has 1 aliphatic rings. The Hall–Kier alpha value is -1.56. The highest BCUT2D eigenvalue weighted by molar-refractivity contribution is 5.81. The molecule has 90 valence electrons. The number of halogens is 3. The van der Waals surface area contributed by atoms with Crippen molar-refractivity contribution in [2.75, 3.05) is 6.54 Å². The third kappa shape index (κ3) is 1.68. The van der Waals surface area contributed by atoms with Crippen molar-refractivity contribution in [1.82, 2.24) is 14.9 Å². The zero-order chi connectivity index (χ0) is 12.0. The van der Waals surface area contributed by atoms with Gasteiger partial charge in [0.1, 0.15) is 5.69 Å². The molecule has 0 spiro atoms. The topological polar surface area (TPSA) is 29.9 Å². The first-order valence-electron chi connectivity index (χ1n) is 5.32. The highest BCUT2D eigenvalue weighted by Crippen LogP contribution is 2.30. The summed E-state index contributed by atoms with van der Waals surface area (Å²) in [7, 11) is 0. The van der Waals surface area contributed by atoms with Gasteiger partial charge in [0.05, 0.1) is 11.7 Å². The Bertz CT molecular complexity index is 571. The van der Waals surface area contributed by atoms with Crippen LogP contribution in [-0.2, 0) is 19.3 Å². The lowest BCUT2D eigenvalue weighted by Crippen LogP contribution is -2.27. The Balaban J connectivity index is 2.18. The molecule has 0 aliphatic carbocycles. The molecule has 0 amide bonds. The fourth-order valence-electron chi connectivity index (χ4n) is 2.19. The molecule has 3 rings (SSSR count). The number of aromatic nitrogens is 2. The zero-order valence-corrected chi connectivity index (χ0v) is 8.88. The Morgan fingerprint density at radius 1 is 1.29 bits per heavy atom. The second kappa shape index (κ2) is 3.46. The van der Waals surface area contributed by atoms with Crippen LogP contribution in [-0.4, -0.2) is 16.1 Å². The normalized spacial score (nSPS) is 16.2. The average molecular weight is 241 g/mol. The lowest BCUT2D eigenvalue weighted by molar-refractivity contribution is -0.141. The fraction of sp³-hybridized carbons (Fsp3) is 0.364. The molecule has 0 aromatic carbocycles. The Morgan fingerprint density at radius 3 is 2.88 bits per heavy atom. The Labute approximate surface area is 95.3 Å². The van der Waals surface area contributed by atoms with Gasteiger partial charge in [-0.1, -0.05) is 0 Å². The van der Waals surface area contributed by atoms with Crippen molar-refractivity contribution in [3.05, 3.63) is 29.7 Å². The molecular weight excluding hydrogens is 231 g/mol. The van der Waals surface area contributed by atoms with E-state index in [1.807, 2.05) is 4.57 Å². The van der Waals surface area contributed by atoms with Crippen molar-refractivity contribution < 1.29 is 13.2 Å². The van der Waals surface area contributed by atoms with Gasteiger partial charge in [-0.25, -0.2) is 4.98 Å². The number of nitrogens with one attached hydrogen (secondary N) is 1. The molecule has 2 aromatic heterocycles. The SMILES string of the molecule is FC(F)(F)c1cc2cc3n(c2cn1)CCNC3. The lowest BCUT2D eigenvalue weighted by Gasteiger charge is -2.16. The predicted molar refractivity (Wildman–Crippen MR) is 56.4 cm³/mol. The van der Waals surface area contributed by atoms with Gasteiger partial charge in [0, 0.05) is 30.7 Å². The van der Waals surface area contributed by atoms with Crippen LogP contribution in [0.25, 0.3) is 10.9 Å². The van der Waals surface area contributed by atoms with Crippen molar-refractivity contribution in [2.45, 2.75) is 19.3 Å². The van der Waals surface area contributed by atoms with Crippen LogP contribution in [0.4, 0.5) is 13.2 Å². The van der Waals surface area contributed by atoms with Crippen molar-refractivity contribution in [2.24, 2.45) is 0 Å². The van der Waals surface area contributed by atoms with Crippen LogP contribution >= 0.6 is 0 Å². The molecule has 1 aliphatic heterocycles. The molecule has 2 aromatic rings. The Kier molecular flexibility index (Phi) is 2.16. The quantitative estimate of drug-likeness (QED) is 0.766. The molecule has 3 nitrogen and oxygen atoms in total. The summed E-state index contributed by atoms with van der Waals surface area (Å²) in [4.78, 5) is 3.49. The predicted octanol–water partition coefficient (Wildman–Crippen LogP) is 2.16. The van der Waals surface area contributed by atoms with E-state index in [-0.39, 0.29) is 0 Å².